The Hall–Kier alpha value is -2.15. The molecule has 0 saturated heterocycles. The fourth-order valence-electron chi connectivity index (χ4n) is 2.65. The first-order valence-electron chi connectivity index (χ1n) is 7.45. The van der Waals surface area contributed by atoms with Gasteiger partial charge in [-0.2, -0.15) is 0 Å². The molecular formula is C16H21N3O3S. The molecule has 0 spiro atoms. The second-order valence-electron chi connectivity index (χ2n) is 5.78. The van der Waals surface area contributed by atoms with Crippen LogP contribution in [-0.2, 0) is 4.79 Å². The number of hydrogen-bond acceptors (Lipinski definition) is 4. The number of thiazole rings is 1. The predicted octanol–water partition coefficient (Wildman–Crippen LogP) is 2.92. The summed E-state index contributed by atoms with van der Waals surface area (Å²) in [6.07, 6.45) is 2.75. The minimum atomic E-state index is -1.27. The molecule has 0 aliphatic carbocycles. The maximum Gasteiger partial charge on any atom is 0.329 e. The Balaban J connectivity index is 2.34. The van der Waals surface area contributed by atoms with Crippen LogP contribution in [0.2, 0.25) is 0 Å². The number of carbonyl (C=O) groups excluding carboxylic acids is 1. The zero-order valence-corrected chi connectivity index (χ0v) is 14.5. The summed E-state index contributed by atoms with van der Waals surface area (Å²) in [5.41, 5.74) is 0.839. The van der Waals surface area contributed by atoms with Crippen LogP contribution in [0.4, 0.5) is 0 Å². The van der Waals surface area contributed by atoms with E-state index in [1.165, 1.54) is 18.3 Å². The number of carbonyl (C=O) groups is 2. The summed E-state index contributed by atoms with van der Waals surface area (Å²) in [5.74, 6) is -1.40. The van der Waals surface area contributed by atoms with Crippen LogP contribution >= 0.6 is 11.3 Å². The minimum Gasteiger partial charge on any atom is -0.480 e. The van der Waals surface area contributed by atoms with Crippen LogP contribution in [0.1, 0.15) is 48.4 Å². The van der Waals surface area contributed by atoms with Crippen molar-refractivity contribution in [2.24, 2.45) is 0 Å². The van der Waals surface area contributed by atoms with Crippen LogP contribution in [0, 0.1) is 13.8 Å². The highest BCUT2D eigenvalue weighted by Gasteiger charge is 2.34. The van der Waals surface area contributed by atoms with Crippen molar-refractivity contribution in [1.82, 2.24) is 14.9 Å². The molecule has 1 amide bonds. The third-order valence-electron chi connectivity index (χ3n) is 3.90. The van der Waals surface area contributed by atoms with Gasteiger partial charge in [0.2, 0.25) is 0 Å². The van der Waals surface area contributed by atoms with E-state index in [4.69, 9.17) is 0 Å². The van der Waals surface area contributed by atoms with E-state index >= 15 is 0 Å². The highest BCUT2D eigenvalue weighted by atomic mass is 32.1. The molecule has 23 heavy (non-hydrogen) atoms. The van der Waals surface area contributed by atoms with Gasteiger partial charge in [-0.1, -0.05) is 13.3 Å². The van der Waals surface area contributed by atoms with Crippen molar-refractivity contribution >= 4 is 23.2 Å². The van der Waals surface area contributed by atoms with Gasteiger partial charge in [0.25, 0.3) is 5.91 Å². The Kier molecular flexibility index (Phi) is 4.89. The van der Waals surface area contributed by atoms with Gasteiger partial charge in [0, 0.05) is 23.0 Å². The first-order valence-corrected chi connectivity index (χ1v) is 8.33. The monoisotopic (exact) mass is 335 g/mol. The van der Waals surface area contributed by atoms with E-state index in [1.807, 2.05) is 30.7 Å². The number of nitrogens with zero attached hydrogens (tertiary/aromatic N) is 2. The zero-order chi connectivity index (χ0) is 17.2. The lowest BCUT2D eigenvalue weighted by molar-refractivity contribution is -0.144. The summed E-state index contributed by atoms with van der Waals surface area (Å²) < 4.78 is 1.90. The van der Waals surface area contributed by atoms with Gasteiger partial charge < -0.3 is 10.4 Å². The van der Waals surface area contributed by atoms with E-state index in [-0.39, 0.29) is 5.91 Å². The molecular weight excluding hydrogens is 314 g/mol. The van der Waals surface area contributed by atoms with Crippen LogP contribution in [0.5, 0.6) is 0 Å². The normalized spacial score (nSPS) is 13.6. The number of carboxylic acids is 1. The topological polar surface area (TPSA) is 84.2 Å². The third kappa shape index (κ3) is 3.29. The average molecular weight is 335 g/mol. The molecule has 0 radical (unpaired) electrons. The van der Waals surface area contributed by atoms with E-state index in [0.717, 1.165) is 16.5 Å². The second kappa shape index (κ2) is 6.54. The summed E-state index contributed by atoms with van der Waals surface area (Å²) in [5, 5.41) is 14.7. The van der Waals surface area contributed by atoms with E-state index in [1.54, 1.807) is 12.3 Å². The molecule has 0 saturated carbocycles. The average Bonchev–Trinajstić information content (AvgIpc) is 3.07. The van der Waals surface area contributed by atoms with E-state index in [9.17, 15) is 14.7 Å². The fraction of sp³-hybridized carbons (Fsp3) is 0.438. The molecule has 1 atom stereocenters. The highest BCUT2D eigenvalue weighted by molar-refractivity contribution is 7.12. The lowest BCUT2D eigenvalue weighted by atomic mass is 9.96. The van der Waals surface area contributed by atoms with E-state index in [0.29, 0.717) is 18.4 Å². The van der Waals surface area contributed by atoms with Crippen molar-refractivity contribution in [3.8, 4) is 5.13 Å². The summed E-state index contributed by atoms with van der Waals surface area (Å²) in [7, 11) is 0. The Labute approximate surface area is 139 Å². The number of carboxylic acid groups (broad SMARTS) is 1. The molecule has 0 fully saturated rings. The number of nitrogens with one attached hydrogen (secondary N) is 1. The quantitative estimate of drug-likeness (QED) is 0.850. The number of rotatable bonds is 6. The third-order valence-corrected chi connectivity index (χ3v) is 4.65. The second-order valence-corrected chi connectivity index (χ2v) is 6.65. The molecule has 0 aliphatic heterocycles. The number of aryl methyl sites for hydroxylation is 1. The van der Waals surface area contributed by atoms with Crippen LogP contribution in [0.3, 0.4) is 0 Å². The van der Waals surface area contributed by atoms with E-state index in [2.05, 4.69) is 10.3 Å². The number of amides is 1. The molecule has 2 aromatic heterocycles. The van der Waals surface area contributed by atoms with Crippen molar-refractivity contribution in [3.05, 3.63) is 34.6 Å². The molecule has 2 rings (SSSR count). The highest BCUT2D eigenvalue weighted by Crippen LogP contribution is 2.23. The van der Waals surface area contributed by atoms with Gasteiger partial charge in [-0.25, -0.2) is 9.78 Å². The fourth-order valence-corrected chi connectivity index (χ4v) is 3.41. The van der Waals surface area contributed by atoms with Gasteiger partial charge in [-0.3, -0.25) is 9.36 Å². The molecule has 2 aromatic rings. The van der Waals surface area contributed by atoms with E-state index < -0.39 is 11.5 Å². The van der Waals surface area contributed by atoms with Gasteiger partial charge in [-0.05, 0) is 33.3 Å². The van der Waals surface area contributed by atoms with Crippen molar-refractivity contribution in [2.75, 3.05) is 0 Å². The molecule has 2 N–H and O–H groups in total. The molecule has 124 valence electrons. The molecule has 0 unspecified atom stereocenters. The van der Waals surface area contributed by atoms with Crippen LogP contribution in [0.25, 0.3) is 5.13 Å². The number of hydrogen-bond donors (Lipinski definition) is 2. The smallest absolute Gasteiger partial charge is 0.329 e. The van der Waals surface area contributed by atoms with Crippen LogP contribution in [0.15, 0.2) is 17.6 Å². The molecule has 0 aromatic carbocycles. The van der Waals surface area contributed by atoms with Crippen molar-refractivity contribution in [1.29, 1.82) is 0 Å². The largest absolute Gasteiger partial charge is 0.480 e. The minimum absolute atomic E-state index is 0.374. The van der Waals surface area contributed by atoms with Crippen molar-refractivity contribution in [2.45, 2.75) is 46.1 Å². The van der Waals surface area contributed by atoms with Gasteiger partial charge in [0.15, 0.2) is 5.13 Å². The van der Waals surface area contributed by atoms with Gasteiger partial charge in [0.1, 0.15) is 5.54 Å². The molecule has 6 nitrogen and oxygen atoms in total. The zero-order valence-electron chi connectivity index (χ0n) is 13.7. The standard InChI is InChI=1S/C16H21N3O3S/c1-5-6-16(4,14(21)22)18-13(20)12-9-10(2)19(11(12)3)15-17-7-8-23-15/h7-9H,5-6H2,1-4H3,(H,18,20)(H,21,22)/t16-/m0/s1. The van der Waals surface area contributed by atoms with Crippen LogP contribution in [-0.4, -0.2) is 32.1 Å². The molecule has 0 bridgehead atoms. The predicted molar refractivity (Wildman–Crippen MR) is 89.3 cm³/mol. The number of aromatic nitrogens is 2. The first-order chi connectivity index (χ1) is 10.8. The molecule has 7 heteroatoms. The molecule has 2 heterocycles. The SMILES string of the molecule is CCC[C@](C)(NC(=O)c1cc(C)n(-c2nccs2)c1C)C(=O)O. The van der Waals surface area contributed by atoms with Crippen LogP contribution < -0.4 is 5.32 Å². The maximum atomic E-state index is 12.6. The van der Waals surface area contributed by atoms with Gasteiger partial charge in [0.05, 0.1) is 5.56 Å². The maximum absolute atomic E-state index is 12.6. The first kappa shape index (κ1) is 17.2. The molecule has 0 aliphatic rings. The summed E-state index contributed by atoms with van der Waals surface area (Å²) in [4.78, 5) is 28.4. The summed E-state index contributed by atoms with van der Waals surface area (Å²) >= 11 is 1.48. The summed E-state index contributed by atoms with van der Waals surface area (Å²) in [6, 6.07) is 1.76. The van der Waals surface area contributed by atoms with Gasteiger partial charge >= 0.3 is 5.97 Å². The lowest BCUT2D eigenvalue weighted by Gasteiger charge is -2.25. The Morgan fingerprint density at radius 3 is 2.65 bits per heavy atom. The Morgan fingerprint density at radius 2 is 2.13 bits per heavy atom. The van der Waals surface area contributed by atoms with Gasteiger partial charge in [-0.15, -0.1) is 11.3 Å². The lowest BCUT2D eigenvalue weighted by Crippen LogP contribution is -2.52. The van der Waals surface area contributed by atoms with Crippen molar-refractivity contribution in [3.63, 3.8) is 0 Å². The summed E-state index contributed by atoms with van der Waals surface area (Å²) in [6.45, 7) is 7.16. The number of aliphatic carboxylic acids is 1. The Morgan fingerprint density at radius 1 is 1.43 bits per heavy atom. The Bertz CT molecular complexity index is 721. The van der Waals surface area contributed by atoms with Crippen molar-refractivity contribution < 1.29 is 14.7 Å².